The molecule has 1 atom stereocenters. The van der Waals surface area contributed by atoms with Gasteiger partial charge in [-0.25, -0.2) is 0 Å². The van der Waals surface area contributed by atoms with Crippen molar-refractivity contribution in [2.45, 2.75) is 25.4 Å². The Morgan fingerprint density at radius 1 is 1.25 bits per heavy atom. The molecule has 0 aromatic carbocycles. The normalized spacial score (nSPS) is 34.2. The molecule has 1 unspecified atom stereocenters. The van der Waals surface area contributed by atoms with Gasteiger partial charge in [0, 0.05) is 0 Å². The van der Waals surface area contributed by atoms with E-state index in [1.54, 1.807) is 0 Å². The summed E-state index contributed by atoms with van der Waals surface area (Å²) in [5.74, 6) is 0. The zero-order valence-electron chi connectivity index (χ0n) is 7.54. The lowest BCUT2D eigenvalue weighted by molar-refractivity contribution is -0.929. The van der Waals surface area contributed by atoms with Crippen molar-refractivity contribution >= 4 is 0 Å². The maximum atomic E-state index is 8.95. The van der Waals surface area contributed by atoms with E-state index in [9.17, 15) is 0 Å². The van der Waals surface area contributed by atoms with E-state index in [1.165, 1.54) is 32.4 Å². The summed E-state index contributed by atoms with van der Waals surface area (Å²) in [7, 11) is 0. The Kier molecular flexibility index (Phi) is 2.35. The third-order valence-corrected chi connectivity index (χ3v) is 3.14. The Hall–Kier alpha value is -0.120. The fraction of sp³-hybridized carbons (Fsp3) is 1.00. The van der Waals surface area contributed by atoms with E-state index in [4.69, 9.17) is 9.84 Å². The summed E-state index contributed by atoms with van der Waals surface area (Å²) in [5, 5.41) is 8.95. The van der Waals surface area contributed by atoms with E-state index in [2.05, 4.69) is 0 Å². The quantitative estimate of drug-likeness (QED) is 0.578. The molecule has 2 rings (SSSR count). The summed E-state index contributed by atoms with van der Waals surface area (Å²) in [6.45, 7) is 4.59. The maximum absolute atomic E-state index is 8.95. The molecule has 2 fully saturated rings. The molecule has 12 heavy (non-hydrogen) atoms. The van der Waals surface area contributed by atoms with E-state index >= 15 is 0 Å². The average Bonchev–Trinajstić information content (AvgIpc) is 2.50. The highest BCUT2D eigenvalue weighted by atomic mass is 16.5. The van der Waals surface area contributed by atoms with Crippen molar-refractivity contribution in [2.24, 2.45) is 0 Å². The van der Waals surface area contributed by atoms with E-state index < -0.39 is 0 Å². The average molecular weight is 172 g/mol. The molecule has 70 valence electrons. The molecule has 2 aliphatic rings. The Bertz CT molecular complexity index is 155. The first-order valence-corrected chi connectivity index (χ1v) is 4.92. The van der Waals surface area contributed by atoms with Crippen LogP contribution in [0.25, 0.3) is 0 Å². The molecule has 0 aromatic heterocycles. The zero-order chi connectivity index (χ0) is 8.44. The number of rotatable bonds is 1. The van der Waals surface area contributed by atoms with Gasteiger partial charge in [0.1, 0.15) is 12.6 Å². The number of nitrogens with zero attached hydrogens (tertiary/aromatic N) is 1. The highest BCUT2D eigenvalue weighted by Gasteiger charge is 2.39. The Morgan fingerprint density at radius 3 is 2.58 bits per heavy atom. The van der Waals surface area contributed by atoms with Gasteiger partial charge in [-0.15, -0.1) is 0 Å². The standard InChI is InChI=1S/C9H18NO2/c11-7-9-6-10(8-12-9)4-2-1-3-5-10/h9,11H,1-8H2/q+1. The molecule has 2 aliphatic heterocycles. The van der Waals surface area contributed by atoms with Crippen molar-refractivity contribution < 1.29 is 14.3 Å². The molecule has 3 heteroatoms. The molecule has 0 aromatic rings. The minimum atomic E-state index is 0.114. The van der Waals surface area contributed by atoms with Crippen LogP contribution in [0.2, 0.25) is 0 Å². The van der Waals surface area contributed by atoms with Crippen LogP contribution in [0.1, 0.15) is 19.3 Å². The highest BCUT2D eigenvalue weighted by molar-refractivity contribution is 4.63. The minimum absolute atomic E-state index is 0.114. The summed E-state index contributed by atoms with van der Waals surface area (Å²) < 4.78 is 6.63. The number of ether oxygens (including phenoxy) is 1. The molecule has 1 spiro atoms. The number of aliphatic hydroxyl groups is 1. The summed E-state index contributed by atoms with van der Waals surface area (Å²) >= 11 is 0. The predicted molar refractivity (Wildman–Crippen MR) is 45.5 cm³/mol. The van der Waals surface area contributed by atoms with Crippen LogP contribution in [-0.2, 0) is 4.74 Å². The van der Waals surface area contributed by atoms with Gasteiger partial charge in [0.15, 0.2) is 6.73 Å². The van der Waals surface area contributed by atoms with Crippen molar-refractivity contribution in [2.75, 3.05) is 33.0 Å². The van der Waals surface area contributed by atoms with Gasteiger partial charge < -0.3 is 9.84 Å². The van der Waals surface area contributed by atoms with Crippen LogP contribution in [-0.4, -0.2) is 48.7 Å². The first-order chi connectivity index (χ1) is 5.85. The van der Waals surface area contributed by atoms with Crippen LogP contribution in [0.5, 0.6) is 0 Å². The van der Waals surface area contributed by atoms with E-state index in [-0.39, 0.29) is 12.7 Å². The topological polar surface area (TPSA) is 29.5 Å². The largest absolute Gasteiger partial charge is 0.393 e. The lowest BCUT2D eigenvalue weighted by Gasteiger charge is -2.35. The van der Waals surface area contributed by atoms with Crippen LogP contribution in [0.3, 0.4) is 0 Å². The molecule has 3 nitrogen and oxygen atoms in total. The fourth-order valence-electron chi connectivity index (χ4n) is 2.41. The Morgan fingerprint density at radius 2 is 2.00 bits per heavy atom. The van der Waals surface area contributed by atoms with Crippen molar-refractivity contribution in [1.29, 1.82) is 0 Å². The van der Waals surface area contributed by atoms with Crippen LogP contribution in [0.15, 0.2) is 0 Å². The van der Waals surface area contributed by atoms with Crippen LogP contribution in [0, 0.1) is 0 Å². The van der Waals surface area contributed by atoms with E-state index in [1.807, 2.05) is 0 Å². The minimum Gasteiger partial charge on any atom is -0.393 e. The number of quaternary nitrogens is 1. The number of hydrogen-bond donors (Lipinski definition) is 1. The molecule has 0 radical (unpaired) electrons. The monoisotopic (exact) mass is 172 g/mol. The van der Waals surface area contributed by atoms with Crippen molar-refractivity contribution in [3.8, 4) is 0 Å². The van der Waals surface area contributed by atoms with Crippen molar-refractivity contribution in [3.05, 3.63) is 0 Å². The van der Waals surface area contributed by atoms with Gasteiger partial charge in [0.05, 0.1) is 19.7 Å². The van der Waals surface area contributed by atoms with E-state index in [0.29, 0.717) is 0 Å². The van der Waals surface area contributed by atoms with Gasteiger partial charge in [0.2, 0.25) is 0 Å². The summed E-state index contributed by atoms with van der Waals surface area (Å²) in [6, 6.07) is 0. The first-order valence-electron chi connectivity index (χ1n) is 4.92. The summed E-state index contributed by atoms with van der Waals surface area (Å²) in [6.07, 6.45) is 4.16. The van der Waals surface area contributed by atoms with Crippen LogP contribution < -0.4 is 0 Å². The number of piperidine rings is 1. The highest BCUT2D eigenvalue weighted by Crippen LogP contribution is 2.24. The number of hydrogen-bond acceptors (Lipinski definition) is 2. The van der Waals surface area contributed by atoms with Crippen molar-refractivity contribution in [1.82, 2.24) is 0 Å². The van der Waals surface area contributed by atoms with Crippen LogP contribution in [0.4, 0.5) is 0 Å². The third-order valence-electron chi connectivity index (χ3n) is 3.14. The first kappa shape index (κ1) is 8.48. The van der Waals surface area contributed by atoms with Gasteiger partial charge in [0.25, 0.3) is 0 Å². The lowest BCUT2D eigenvalue weighted by atomic mass is 10.1. The molecular formula is C9H18NO2+. The molecule has 1 N–H and O–H groups in total. The third kappa shape index (κ3) is 1.49. The molecule has 0 bridgehead atoms. The maximum Gasteiger partial charge on any atom is 0.183 e. The van der Waals surface area contributed by atoms with Gasteiger partial charge in [-0.2, -0.15) is 0 Å². The molecule has 0 aliphatic carbocycles. The smallest absolute Gasteiger partial charge is 0.183 e. The van der Waals surface area contributed by atoms with Gasteiger partial charge in [-0.1, -0.05) is 0 Å². The summed E-state index contributed by atoms with van der Waals surface area (Å²) in [5.41, 5.74) is 0. The summed E-state index contributed by atoms with van der Waals surface area (Å²) in [4.78, 5) is 0. The Labute approximate surface area is 73.5 Å². The van der Waals surface area contributed by atoms with Gasteiger partial charge >= 0.3 is 0 Å². The van der Waals surface area contributed by atoms with Crippen molar-refractivity contribution in [3.63, 3.8) is 0 Å². The molecule has 0 amide bonds. The molecular weight excluding hydrogens is 154 g/mol. The second kappa shape index (κ2) is 3.32. The second-order valence-corrected chi connectivity index (χ2v) is 4.13. The molecule has 2 saturated heterocycles. The predicted octanol–water partition coefficient (Wildman–Crippen LogP) is 0.336. The second-order valence-electron chi connectivity index (χ2n) is 4.13. The fourth-order valence-corrected chi connectivity index (χ4v) is 2.41. The van der Waals surface area contributed by atoms with Gasteiger partial charge in [-0.3, -0.25) is 4.48 Å². The Balaban J connectivity index is 1.94. The molecule has 2 heterocycles. The SMILES string of the molecule is OCC1C[N+]2(CCCCC2)CO1. The lowest BCUT2D eigenvalue weighted by Crippen LogP contribution is -2.50. The molecule has 0 saturated carbocycles. The number of aliphatic hydroxyl groups excluding tert-OH is 1. The van der Waals surface area contributed by atoms with Gasteiger partial charge in [-0.05, 0) is 19.3 Å². The zero-order valence-corrected chi connectivity index (χ0v) is 7.54. The van der Waals surface area contributed by atoms with E-state index in [0.717, 1.165) is 17.8 Å². The van der Waals surface area contributed by atoms with Crippen LogP contribution >= 0.6 is 0 Å².